The van der Waals surface area contributed by atoms with Crippen molar-refractivity contribution in [2.24, 2.45) is 0 Å². The molecule has 2 N–H and O–H groups in total. The summed E-state index contributed by atoms with van der Waals surface area (Å²) in [6.07, 6.45) is 3.73. The molecule has 2 rings (SSSR count). The SMILES string of the molecule is CC(C)(C)c1ccc(OCC(=O)NCCCCCCNC(=O)COc2ccc(C(C)(C)C)cc2C(C)(C)C)c(C(C)(C)C)c1. The van der Waals surface area contributed by atoms with Gasteiger partial charge < -0.3 is 20.1 Å². The fourth-order valence-corrected chi connectivity index (χ4v) is 4.86. The maximum absolute atomic E-state index is 12.4. The number of hydrogen-bond donors (Lipinski definition) is 2. The molecule has 0 atom stereocenters. The van der Waals surface area contributed by atoms with Gasteiger partial charge in [-0.2, -0.15) is 0 Å². The Morgan fingerprint density at radius 1 is 0.523 bits per heavy atom. The van der Waals surface area contributed by atoms with Crippen LogP contribution in [0.25, 0.3) is 0 Å². The first-order valence-electron chi connectivity index (χ1n) is 16.3. The van der Waals surface area contributed by atoms with Crippen molar-refractivity contribution in [3.63, 3.8) is 0 Å². The molecule has 6 nitrogen and oxygen atoms in total. The molecule has 0 aliphatic carbocycles. The van der Waals surface area contributed by atoms with Gasteiger partial charge in [0, 0.05) is 13.1 Å². The molecule has 0 bridgehead atoms. The van der Waals surface area contributed by atoms with Gasteiger partial charge in [-0.1, -0.05) is 120 Å². The van der Waals surface area contributed by atoms with Crippen LogP contribution in [0.2, 0.25) is 0 Å². The second kappa shape index (κ2) is 15.3. The fraction of sp³-hybridized carbons (Fsp3) is 0.632. The lowest BCUT2D eigenvalue weighted by Crippen LogP contribution is -2.30. The Morgan fingerprint density at radius 2 is 0.864 bits per heavy atom. The van der Waals surface area contributed by atoms with E-state index in [9.17, 15) is 9.59 Å². The fourth-order valence-electron chi connectivity index (χ4n) is 4.86. The summed E-state index contributed by atoms with van der Waals surface area (Å²) < 4.78 is 11.9. The van der Waals surface area contributed by atoms with Gasteiger partial charge in [-0.25, -0.2) is 0 Å². The van der Waals surface area contributed by atoms with Crippen LogP contribution in [0.5, 0.6) is 11.5 Å². The van der Waals surface area contributed by atoms with E-state index in [0.717, 1.165) is 48.3 Å². The summed E-state index contributed by atoms with van der Waals surface area (Å²) in [5.74, 6) is 1.31. The van der Waals surface area contributed by atoms with Gasteiger partial charge in [-0.15, -0.1) is 0 Å². The van der Waals surface area contributed by atoms with Crippen LogP contribution in [0.3, 0.4) is 0 Å². The Labute approximate surface area is 268 Å². The van der Waals surface area contributed by atoms with E-state index in [1.165, 1.54) is 11.1 Å². The average Bonchev–Trinajstić information content (AvgIpc) is 2.89. The molecule has 2 aromatic rings. The molecule has 6 heteroatoms. The van der Waals surface area contributed by atoms with E-state index >= 15 is 0 Å². The van der Waals surface area contributed by atoms with Gasteiger partial charge in [0.25, 0.3) is 11.8 Å². The van der Waals surface area contributed by atoms with E-state index in [1.807, 2.05) is 12.1 Å². The molecule has 0 unspecified atom stereocenters. The molecule has 0 aliphatic heterocycles. The zero-order chi connectivity index (χ0) is 33.3. The number of rotatable bonds is 13. The molecule has 0 saturated heterocycles. The van der Waals surface area contributed by atoms with Crippen molar-refractivity contribution in [1.82, 2.24) is 10.6 Å². The van der Waals surface area contributed by atoms with Gasteiger partial charge in [0.15, 0.2) is 13.2 Å². The maximum Gasteiger partial charge on any atom is 0.257 e. The van der Waals surface area contributed by atoms with E-state index in [1.54, 1.807) is 0 Å². The van der Waals surface area contributed by atoms with Gasteiger partial charge in [-0.05, 0) is 68.9 Å². The van der Waals surface area contributed by atoms with Crippen LogP contribution in [-0.4, -0.2) is 38.1 Å². The summed E-state index contributed by atoms with van der Waals surface area (Å²) in [5.41, 5.74) is 4.65. The van der Waals surface area contributed by atoms with E-state index in [2.05, 4.69) is 118 Å². The Hall–Kier alpha value is -3.02. The van der Waals surface area contributed by atoms with Gasteiger partial charge in [0.05, 0.1) is 0 Å². The zero-order valence-electron chi connectivity index (χ0n) is 29.8. The zero-order valence-corrected chi connectivity index (χ0v) is 29.8. The highest BCUT2D eigenvalue weighted by molar-refractivity contribution is 5.78. The molecule has 44 heavy (non-hydrogen) atoms. The highest BCUT2D eigenvalue weighted by Gasteiger charge is 2.25. The minimum absolute atomic E-state index is 0.00399. The first kappa shape index (κ1) is 37.2. The molecular formula is C38H60N2O4. The Morgan fingerprint density at radius 3 is 1.16 bits per heavy atom. The smallest absolute Gasteiger partial charge is 0.257 e. The number of hydrogen-bond acceptors (Lipinski definition) is 4. The van der Waals surface area contributed by atoms with Crippen LogP contribution >= 0.6 is 0 Å². The number of unbranched alkanes of at least 4 members (excludes halogenated alkanes) is 3. The largest absolute Gasteiger partial charge is 0.483 e. The highest BCUT2D eigenvalue weighted by atomic mass is 16.5. The molecule has 0 aliphatic rings. The summed E-state index contributed by atoms with van der Waals surface area (Å²) in [7, 11) is 0. The second-order valence-corrected chi connectivity index (χ2v) is 16.1. The molecule has 2 aromatic carbocycles. The Bertz CT molecular complexity index is 1140. The van der Waals surface area contributed by atoms with Gasteiger partial charge in [0.2, 0.25) is 0 Å². The van der Waals surface area contributed by atoms with Crippen molar-refractivity contribution in [3.05, 3.63) is 58.7 Å². The van der Waals surface area contributed by atoms with Gasteiger partial charge in [-0.3, -0.25) is 9.59 Å². The summed E-state index contributed by atoms with van der Waals surface area (Å²) in [4.78, 5) is 24.8. The first-order valence-corrected chi connectivity index (χ1v) is 16.3. The van der Waals surface area contributed by atoms with Crippen molar-refractivity contribution in [2.45, 2.75) is 130 Å². The first-order chi connectivity index (χ1) is 20.2. The molecule has 0 saturated carbocycles. The van der Waals surface area contributed by atoms with Crippen molar-refractivity contribution in [1.29, 1.82) is 0 Å². The number of amides is 2. The third kappa shape index (κ3) is 12.2. The molecule has 2 amide bonds. The monoisotopic (exact) mass is 608 g/mol. The lowest BCUT2D eigenvalue weighted by atomic mass is 9.80. The van der Waals surface area contributed by atoms with Crippen molar-refractivity contribution < 1.29 is 19.1 Å². The third-order valence-electron chi connectivity index (χ3n) is 7.77. The predicted octanol–water partition coefficient (Wildman–Crippen LogP) is 8.13. The van der Waals surface area contributed by atoms with Crippen LogP contribution in [0.1, 0.15) is 131 Å². The molecule has 0 fully saturated rings. The van der Waals surface area contributed by atoms with Crippen LogP contribution in [0, 0.1) is 0 Å². The topological polar surface area (TPSA) is 76.7 Å². The molecule has 0 heterocycles. The van der Waals surface area contributed by atoms with Gasteiger partial charge in [0.1, 0.15) is 11.5 Å². The summed E-state index contributed by atoms with van der Waals surface area (Å²) in [6.45, 7) is 27.4. The number of nitrogens with one attached hydrogen (secondary N) is 2. The van der Waals surface area contributed by atoms with Crippen molar-refractivity contribution in [3.8, 4) is 11.5 Å². The summed E-state index contributed by atoms with van der Waals surface area (Å²) in [5, 5.41) is 5.93. The van der Waals surface area contributed by atoms with Crippen LogP contribution in [0.4, 0.5) is 0 Å². The van der Waals surface area contributed by atoms with E-state index in [-0.39, 0.29) is 46.7 Å². The number of ether oxygens (including phenoxy) is 2. The summed E-state index contributed by atoms with van der Waals surface area (Å²) in [6, 6.07) is 12.6. The van der Waals surface area contributed by atoms with E-state index in [4.69, 9.17) is 9.47 Å². The standard InChI is InChI=1S/C38H60N2O4/c1-35(2,3)27-17-19-31(29(23-27)37(7,8)9)43-25-33(41)39-21-15-13-14-16-22-40-34(42)26-44-32-20-18-28(36(4,5)6)24-30(32)38(10,11)12/h17-20,23-24H,13-16,21-22,25-26H2,1-12H3,(H,39,41)(H,40,42). The van der Waals surface area contributed by atoms with E-state index in [0.29, 0.717) is 13.1 Å². The van der Waals surface area contributed by atoms with Crippen LogP contribution in [0.15, 0.2) is 36.4 Å². The minimum atomic E-state index is -0.111. The number of benzene rings is 2. The average molecular weight is 609 g/mol. The third-order valence-corrected chi connectivity index (χ3v) is 7.77. The molecule has 0 radical (unpaired) electrons. The lowest BCUT2D eigenvalue weighted by molar-refractivity contribution is -0.123. The van der Waals surface area contributed by atoms with Crippen molar-refractivity contribution in [2.75, 3.05) is 26.3 Å². The van der Waals surface area contributed by atoms with Crippen LogP contribution < -0.4 is 20.1 Å². The molecular weight excluding hydrogens is 548 g/mol. The summed E-state index contributed by atoms with van der Waals surface area (Å²) >= 11 is 0. The highest BCUT2D eigenvalue weighted by Crippen LogP contribution is 2.36. The minimum Gasteiger partial charge on any atom is -0.483 e. The predicted molar refractivity (Wildman–Crippen MR) is 183 cm³/mol. The molecule has 0 aromatic heterocycles. The van der Waals surface area contributed by atoms with Crippen LogP contribution in [-0.2, 0) is 31.2 Å². The number of carbonyl (C=O) groups is 2. The Balaban J connectivity index is 1.67. The maximum atomic E-state index is 12.4. The second-order valence-electron chi connectivity index (χ2n) is 16.1. The Kier molecular flexibility index (Phi) is 12.9. The van der Waals surface area contributed by atoms with E-state index < -0.39 is 0 Å². The quantitative estimate of drug-likeness (QED) is 0.225. The number of carbonyl (C=O) groups excluding carboxylic acids is 2. The van der Waals surface area contributed by atoms with Crippen molar-refractivity contribution >= 4 is 11.8 Å². The molecule has 246 valence electrons. The normalized spacial score (nSPS) is 12.5. The molecule has 0 spiro atoms. The van der Waals surface area contributed by atoms with Gasteiger partial charge >= 0.3 is 0 Å². The lowest BCUT2D eigenvalue weighted by Gasteiger charge is -2.27.